The molecule has 0 N–H and O–H groups in total. The summed E-state index contributed by atoms with van der Waals surface area (Å²) in [6, 6.07) is 6.37. The van der Waals surface area contributed by atoms with Crippen LogP contribution in [0.25, 0.3) is 0 Å². The van der Waals surface area contributed by atoms with Gasteiger partial charge in [-0.15, -0.1) is 0 Å². The molecule has 0 radical (unpaired) electrons. The summed E-state index contributed by atoms with van der Waals surface area (Å²) in [7, 11) is 0. The lowest BCUT2D eigenvalue weighted by Gasteiger charge is -2.37. The molecule has 1 fully saturated rings. The van der Waals surface area contributed by atoms with Gasteiger partial charge in [-0.2, -0.15) is 0 Å². The molecule has 1 saturated heterocycles. The van der Waals surface area contributed by atoms with Crippen LogP contribution < -0.4 is 4.90 Å². The van der Waals surface area contributed by atoms with Gasteiger partial charge in [0.25, 0.3) is 5.91 Å². The third kappa shape index (κ3) is 2.89. The number of benzene rings is 1. The van der Waals surface area contributed by atoms with Crippen molar-refractivity contribution in [3.8, 4) is 0 Å². The smallest absolute Gasteiger partial charge is 0.292 e. The number of nitrogens with zero attached hydrogens (tertiary/aromatic N) is 2. The maximum atomic E-state index is 12.4. The van der Waals surface area contributed by atoms with Gasteiger partial charge in [-0.1, -0.05) is 12.1 Å². The monoisotopic (exact) mass is 302 g/mol. The van der Waals surface area contributed by atoms with Gasteiger partial charge in [0.2, 0.25) is 5.76 Å². The van der Waals surface area contributed by atoms with E-state index in [0.717, 1.165) is 13.1 Å². The molecule has 1 aromatic rings. The van der Waals surface area contributed by atoms with Crippen molar-refractivity contribution >= 4 is 11.6 Å². The van der Waals surface area contributed by atoms with Crippen LogP contribution in [0.5, 0.6) is 0 Å². The van der Waals surface area contributed by atoms with Gasteiger partial charge in [0.1, 0.15) is 19.5 Å². The first-order valence-electron chi connectivity index (χ1n) is 7.72. The highest BCUT2D eigenvalue weighted by Gasteiger charge is 2.26. The van der Waals surface area contributed by atoms with E-state index in [1.165, 1.54) is 23.1 Å². The molecule has 0 bridgehead atoms. The molecule has 0 aliphatic carbocycles. The molecule has 5 nitrogen and oxygen atoms in total. The van der Waals surface area contributed by atoms with E-state index >= 15 is 0 Å². The fraction of sp³-hybridized carbons (Fsp3) is 0.471. The molecule has 0 atom stereocenters. The summed E-state index contributed by atoms with van der Waals surface area (Å²) in [6.07, 6.45) is 1.43. The summed E-state index contributed by atoms with van der Waals surface area (Å²) in [5, 5.41) is 0. The van der Waals surface area contributed by atoms with Crippen LogP contribution in [0.15, 0.2) is 30.2 Å². The molecule has 2 heterocycles. The minimum absolute atomic E-state index is 0.0692. The van der Waals surface area contributed by atoms with Gasteiger partial charge < -0.3 is 19.3 Å². The maximum Gasteiger partial charge on any atom is 0.292 e. The highest BCUT2D eigenvalue weighted by atomic mass is 16.6. The SMILES string of the molecule is Cc1cccc(N2CCN(C(=O)C3=COCCO3)CC2)c1C. The second-order valence-corrected chi connectivity index (χ2v) is 5.70. The van der Waals surface area contributed by atoms with E-state index < -0.39 is 0 Å². The molecule has 22 heavy (non-hydrogen) atoms. The normalized spacial score (nSPS) is 18.4. The number of hydrogen-bond donors (Lipinski definition) is 0. The lowest BCUT2D eigenvalue weighted by molar-refractivity contribution is -0.132. The highest BCUT2D eigenvalue weighted by Crippen LogP contribution is 2.24. The van der Waals surface area contributed by atoms with Crippen LogP contribution in [0.3, 0.4) is 0 Å². The summed E-state index contributed by atoms with van der Waals surface area (Å²) in [5.41, 5.74) is 3.88. The number of rotatable bonds is 2. The van der Waals surface area contributed by atoms with Gasteiger partial charge in [0.15, 0.2) is 0 Å². The summed E-state index contributed by atoms with van der Waals surface area (Å²) in [5.74, 6) is 0.256. The minimum Gasteiger partial charge on any atom is -0.494 e. The fourth-order valence-electron chi connectivity index (χ4n) is 2.86. The van der Waals surface area contributed by atoms with Crippen molar-refractivity contribution in [3.63, 3.8) is 0 Å². The van der Waals surface area contributed by atoms with Gasteiger partial charge in [-0.25, -0.2) is 0 Å². The molecule has 3 rings (SSSR count). The Bertz CT molecular complexity index is 590. The fourth-order valence-corrected chi connectivity index (χ4v) is 2.86. The van der Waals surface area contributed by atoms with Gasteiger partial charge in [0, 0.05) is 31.9 Å². The van der Waals surface area contributed by atoms with Crippen molar-refractivity contribution in [2.75, 3.05) is 44.3 Å². The van der Waals surface area contributed by atoms with Crippen molar-refractivity contribution in [1.82, 2.24) is 4.90 Å². The van der Waals surface area contributed by atoms with Crippen molar-refractivity contribution in [3.05, 3.63) is 41.3 Å². The van der Waals surface area contributed by atoms with E-state index in [-0.39, 0.29) is 5.91 Å². The molecule has 0 aromatic heterocycles. The Morgan fingerprint density at radius 2 is 1.86 bits per heavy atom. The highest BCUT2D eigenvalue weighted by molar-refractivity contribution is 5.91. The van der Waals surface area contributed by atoms with Gasteiger partial charge in [0.05, 0.1) is 0 Å². The zero-order valence-electron chi connectivity index (χ0n) is 13.2. The number of piperazine rings is 1. The van der Waals surface area contributed by atoms with Crippen molar-refractivity contribution in [1.29, 1.82) is 0 Å². The van der Waals surface area contributed by atoms with Crippen LogP contribution in [0.4, 0.5) is 5.69 Å². The Morgan fingerprint density at radius 3 is 2.55 bits per heavy atom. The van der Waals surface area contributed by atoms with Crippen LogP contribution in [0.1, 0.15) is 11.1 Å². The molecular formula is C17H22N2O3. The number of amides is 1. The van der Waals surface area contributed by atoms with E-state index in [1.807, 2.05) is 4.90 Å². The standard InChI is InChI=1S/C17H22N2O3/c1-13-4-3-5-15(14(13)2)18-6-8-19(9-7-18)17(20)16-12-21-10-11-22-16/h3-5,12H,6-11H2,1-2H3. The quantitative estimate of drug-likeness (QED) is 0.836. The first-order chi connectivity index (χ1) is 10.7. The number of carbonyl (C=O) groups excluding carboxylic acids is 1. The van der Waals surface area contributed by atoms with Crippen LogP contribution in [0.2, 0.25) is 0 Å². The lowest BCUT2D eigenvalue weighted by atomic mass is 10.1. The molecule has 5 heteroatoms. The molecule has 0 saturated carbocycles. The molecule has 1 aromatic carbocycles. The molecule has 0 unspecified atom stereocenters. The summed E-state index contributed by atoms with van der Waals surface area (Å²) < 4.78 is 10.5. The molecule has 118 valence electrons. The summed E-state index contributed by atoms with van der Waals surface area (Å²) in [6.45, 7) is 8.32. The Labute approximate surface area is 131 Å². The average molecular weight is 302 g/mol. The summed E-state index contributed by atoms with van der Waals surface area (Å²) in [4.78, 5) is 16.5. The maximum absolute atomic E-state index is 12.4. The zero-order chi connectivity index (χ0) is 15.5. The molecule has 2 aliphatic rings. The van der Waals surface area contributed by atoms with Crippen molar-refractivity contribution < 1.29 is 14.3 Å². The number of carbonyl (C=O) groups is 1. The van der Waals surface area contributed by atoms with Crippen LogP contribution >= 0.6 is 0 Å². The first-order valence-corrected chi connectivity index (χ1v) is 7.72. The number of ether oxygens (including phenoxy) is 2. The second-order valence-electron chi connectivity index (χ2n) is 5.70. The molecule has 0 spiro atoms. The zero-order valence-corrected chi connectivity index (χ0v) is 13.2. The predicted molar refractivity (Wildman–Crippen MR) is 84.7 cm³/mol. The van der Waals surface area contributed by atoms with Gasteiger partial charge in [-0.3, -0.25) is 4.79 Å². The van der Waals surface area contributed by atoms with Crippen LogP contribution in [-0.4, -0.2) is 50.2 Å². The Hall–Kier alpha value is -2.17. The molecule has 2 aliphatic heterocycles. The topological polar surface area (TPSA) is 42.0 Å². The number of hydrogen-bond acceptors (Lipinski definition) is 4. The number of aryl methyl sites for hydroxylation is 1. The summed E-state index contributed by atoms with van der Waals surface area (Å²) >= 11 is 0. The van der Waals surface area contributed by atoms with E-state index in [0.29, 0.717) is 32.1 Å². The second kappa shape index (κ2) is 6.30. The van der Waals surface area contributed by atoms with E-state index in [4.69, 9.17) is 9.47 Å². The third-order valence-corrected chi connectivity index (χ3v) is 4.34. The van der Waals surface area contributed by atoms with Crippen molar-refractivity contribution in [2.45, 2.75) is 13.8 Å². The minimum atomic E-state index is -0.0692. The van der Waals surface area contributed by atoms with Crippen LogP contribution in [-0.2, 0) is 14.3 Å². The molecule has 1 amide bonds. The van der Waals surface area contributed by atoms with Gasteiger partial charge >= 0.3 is 0 Å². The van der Waals surface area contributed by atoms with Gasteiger partial charge in [-0.05, 0) is 31.0 Å². The Morgan fingerprint density at radius 1 is 1.09 bits per heavy atom. The predicted octanol–water partition coefficient (Wildman–Crippen LogP) is 1.84. The first kappa shape index (κ1) is 14.8. The van der Waals surface area contributed by atoms with Crippen molar-refractivity contribution in [2.24, 2.45) is 0 Å². The Balaban J connectivity index is 1.64. The van der Waals surface area contributed by atoms with E-state index in [9.17, 15) is 4.79 Å². The number of anilines is 1. The largest absolute Gasteiger partial charge is 0.494 e. The van der Waals surface area contributed by atoms with Crippen LogP contribution in [0, 0.1) is 13.8 Å². The Kier molecular flexibility index (Phi) is 4.22. The average Bonchev–Trinajstić information content (AvgIpc) is 2.58. The molecular weight excluding hydrogens is 280 g/mol. The van der Waals surface area contributed by atoms with E-state index in [1.54, 1.807) is 0 Å². The third-order valence-electron chi connectivity index (χ3n) is 4.34. The van der Waals surface area contributed by atoms with E-state index in [2.05, 4.69) is 36.9 Å². The lowest BCUT2D eigenvalue weighted by Crippen LogP contribution is -2.49.